The van der Waals surface area contributed by atoms with Crippen LogP contribution in [-0.4, -0.2) is 11.1 Å². The van der Waals surface area contributed by atoms with Crippen molar-refractivity contribution >= 4 is 0 Å². The Morgan fingerprint density at radius 2 is 1.68 bits per heavy atom. The van der Waals surface area contributed by atoms with Gasteiger partial charge < -0.3 is 10.4 Å². The minimum Gasteiger partial charge on any atom is -0.508 e. The second kappa shape index (κ2) is 6.42. The molecule has 1 aromatic carbocycles. The highest BCUT2D eigenvalue weighted by Gasteiger charge is 2.28. The Balaban J connectivity index is 2.00. The molecule has 0 bridgehead atoms. The highest BCUT2D eigenvalue weighted by atomic mass is 16.3. The van der Waals surface area contributed by atoms with Crippen molar-refractivity contribution in [2.75, 3.05) is 0 Å². The average Bonchev–Trinajstić information content (AvgIpc) is 2.39. The zero-order chi connectivity index (χ0) is 13.8. The fraction of sp³-hybridized carbons (Fsp3) is 0.647. The topological polar surface area (TPSA) is 32.3 Å². The second-order valence-electron chi connectivity index (χ2n) is 6.28. The molecule has 2 N–H and O–H groups in total. The van der Waals surface area contributed by atoms with Gasteiger partial charge >= 0.3 is 0 Å². The fourth-order valence-electron chi connectivity index (χ4n) is 3.34. The third kappa shape index (κ3) is 3.73. The highest BCUT2D eigenvalue weighted by molar-refractivity contribution is 5.27. The molecule has 0 aliphatic heterocycles. The monoisotopic (exact) mass is 261 g/mol. The molecule has 1 aliphatic rings. The summed E-state index contributed by atoms with van der Waals surface area (Å²) in [6.45, 7) is 6.91. The molecule has 0 heterocycles. The average molecular weight is 261 g/mol. The van der Waals surface area contributed by atoms with Crippen LogP contribution in [0.5, 0.6) is 5.75 Å². The van der Waals surface area contributed by atoms with Gasteiger partial charge in [-0.3, -0.25) is 0 Å². The molecule has 1 fully saturated rings. The van der Waals surface area contributed by atoms with E-state index in [1.165, 1.54) is 31.2 Å². The molecular formula is C17H27NO. The maximum atomic E-state index is 9.35. The van der Waals surface area contributed by atoms with Crippen molar-refractivity contribution in [3.63, 3.8) is 0 Å². The summed E-state index contributed by atoms with van der Waals surface area (Å²) >= 11 is 0. The smallest absolute Gasteiger partial charge is 0.115 e. The Bertz CT molecular complexity index is 385. The molecule has 1 aromatic rings. The largest absolute Gasteiger partial charge is 0.508 e. The molecule has 1 saturated carbocycles. The number of phenols is 1. The lowest BCUT2D eigenvalue weighted by molar-refractivity contribution is 0.195. The van der Waals surface area contributed by atoms with Crippen LogP contribution in [0.25, 0.3) is 0 Å². The summed E-state index contributed by atoms with van der Waals surface area (Å²) in [6, 6.07) is 8.56. The van der Waals surface area contributed by atoms with Crippen molar-refractivity contribution in [1.82, 2.24) is 5.32 Å². The first kappa shape index (κ1) is 14.4. The van der Waals surface area contributed by atoms with Gasteiger partial charge in [-0.25, -0.2) is 0 Å². The molecule has 0 radical (unpaired) electrons. The highest BCUT2D eigenvalue weighted by Crippen LogP contribution is 2.31. The SMILES string of the molecule is CC(NC1CCCCC1C(C)C)c1ccc(O)cc1. The Kier molecular flexibility index (Phi) is 4.87. The van der Waals surface area contributed by atoms with E-state index in [0.29, 0.717) is 17.8 Å². The third-order valence-electron chi connectivity index (χ3n) is 4.53. The molecule has 0 aromatic heterocycles. The second-order valence-corrected chi connectivity index (χ2v) is 6.28. The van der Waals surface area contributed by atoms with Crippen molar-refractivity contribution < 1.29 is 5.11 Å². The van der Waals surface area contributed by atoms with Gasteiger partial charge in [-0.05, 0) is 49.3 Å². The van der Waals surface area contributed by atoms with E-state index in [-0.39, 0.29) is 0 Å². The predicted molar refractivity (Wildman–Crippen MR) is 80.2 cm³/mol. The van der Waals surface area contributed by atoms with Crippen LogP contribution in [0, 0.1) is 11.8 Å². The van der Waals surface area contributed by atoms with Crippen LogP contribution in [0.1, 0.15) is 58.1 Å². The van der Waals surface area contributed by atoms with Crippen LogP contribution in [-0.2, 0) is 0 Å². The van der Waals surface area contributed by atoms with Gasteiger partial charge in [-0.2, -0.15) is 0 Å². The van der Waals surface area contributed by atoms with Crippen LogP contribution in [0.3, 0.4) is 0 Å². The first-order valence-electron chi connectivity index (χ1n) is 7.63. The minimum atomic E-state index is 0.341. The Labute approximate surface area is 117 Å². The van der Waals surface area contributed by atoms with Crippen LogP contribution >= 0.6 is 0 Å². The molecule has 2 heteroatoms. The summed E-state index contributed by atoms with van der Waals surface area (Å²) in [5, 5.41) is 13.2. The van der Waals surface area contributed by atoms with Crippen LogP contribution < -0.4 is 5.32 Å². The van der Waals surface area contributed by atoms with Gasteiger partial charge in [0, 0.05) is 12.1 Å². The van der Waals surface area contributed by atoms with Gasteiger partial charge in [0.25, 0.3) is 0 Å². The van der Waals surface area contributed by atoms with Crippen molar-refractivity contribution in [1.29, 1.82) is 0 Å². The summed E-state index contributed by atoms with van der Waals surface area (Å²) in [6.07, 6.45) is 5.39. The van der Waals surface area contributed by atoms with Crippen molar-refractivity contribution in [3.05, 3.63) is 29.8 Å². The van der Waals surface area contributed by atoms with Gasteiger partial charge in [0.2, 0.25) is 0 Å². The van der Waals surface area contributed by atoms with Crippen molar-refractivity contribution in [2.45, 2.75) is 58.5 Å². The molecule has 0 spiro atoms. The lowest BCUT2D eigenvalue weighted by Crippen LogP contribution is -2.42. The molecule has 2 rings (SSSR count). The number of phenolic OH excluding ortho intramolecular Hbond substituents is 1. The normalized spacial score (nSPS) is 25.5. The zero-order valence-corrected chi connectivity index (χ0v) is 12.4. The minimum absolute atomic E-state index is 0.341. The maximum absolute atomic E-state index is 9.35. The number of nitrogens with one attached hydrogen (secondary N) is 1. The number of hydrogen-bond donors (Lipinski definition) is 2. The van der Waals surface area contributed by atoms with Crippen LogP contribution in [0.4, 0.5) is 0 Å². The molecule has 19 heavy (non-hydrogen) atoms. The molecule has 1 aliphatic carbocycles. The van der Waals surface area contributed by atoms with Gasteiger partial charge in [0.05, 0.1) is 0 Å². The summed E-state index contributed by atoms with van der Waals surface area (Å²) in [4.78, 5) is 0. The summed E-state index contributed by atoms with van der Waals surface area (Å²) in [7, 11) is 0. The van der Waals surface area contributed by atoms with Gasteiger partial charge in [-0.15, -0.1) is 0 Å². The fourth-order valence-corrected chi connectivity index (χ4v) is 3.34. The van der Waals surface area contributed by atoms with E-state index in [1.54, 1.807) is 12.1 Å². The van der Waals surface area contributed by atoms with E-state index < -0.39 is 0 Å². The number of hydrogen-bond acceptors (Lipinski definition) is 2. The molecular weight excluding hydrogens is 234 g/mol. The quantitative estimate of drug-likeness (QED) is 0.849. The number of aromatic hydroxyl groups is 1. The van der Waals surface area contributed by atoms with Crippen LogP contribution in [0.2, 0.25) is 0 Å². The van der Waals surface area contributed by atoms with E-state index in [1.807, 2.05) is 12.1 Å². The predicted octanol–water partition coefficient (Wildman–Crippen LogP) is 4.26. The maximum Gasteiger partial charge on any atom is 0.115 e. The Hall–Kier alpha value is -1.02. The van der Waals surface area contributed by atoms with Crippen molar-refractivity contribution in [2.24, 2.45) is 11.8 Å². The molecule has 2 nitrogen and oxygen atoms in total. The van der Waals surface area contributed by atoms with E-state index >= 15 is 0 Å². The number of benzene rings is 1. The van der Waals surface area contributed by atoms with Gasteiger partial charge in [0.1, 0.15) is 5.75 Å². The lowest BCUT2D eigenvalue weighted by atomic mass is 9.77. The molecule has 3 atom stereocenters. The molecule has 3 unspecified atom stereocenters. The number of rotatable bonds is 4. The van der Waals surface area contributed by atoms with E-state index in [9.17, 15) is 5.11 Å². The Morgan fingerprint density at radius 3 is 2.32 bits per heavy atom. The van der Waals surface area contributed by atoms with Gasteiger partial charge in [0.15, 0.2) is 0 Å². The summed E-state index contributed by atoms with van der Waals surface area (Å²) in [5.41, 5.74) is 1.26. The Morgan fingerprint density at radius 1 is 1.05 bits per heavy atom. The molecule has 106 valence electrons. The van der Waals surface area contributed by atoms with E-state index in [0.717, 1.165) is 11.8 Å². The van der Waals surface area contributed by atoms with Gasteiger partial charge in [-0.1, -0.05) is 38.8 Å². The third-order valence-corrected chi connectivity index (χ3v) is 4.53. The van der Waals surface area contributed by atoms with Crippen LogP contribution in [0.15, 0.2) is 24.3 Å². The van der Waals surface area contributed by atoms with E-state index in [4.69, 9.17) is 0 Å². The summed E-state index contributed by atoms with van der Waals surface area (Å²) in [5.74, 6) is 1.90. The molecule has 0 saturated heterocycles. The zero-order valence-electron chi connectivity index (χ0n) is 12.4. The lowest BCUT2D eigenvalue weighted by Gasteiger charge is -2.37. The summed E-state index contributed by atoms with van der Waals surface area (Å²) < 4.78 is 0. The standard InChI is InChI=1S/C17H27NO/c1-12(2)16-6-4-5-7-17(16)18-13(3)14-8-10-15(19)11-9-14/h8-13,16-19H,4-7H2,1-3H3. The molecule has 0 amide bonds. The first-order valence-corrected chi connectivity index (χ1v) is 7.63. The van der Waals surface area contributed by atoms with E-state index in [2.05, 4.69) is 26.1 Å². The first-order chi connectivity index (χ1) is 9.08. The van der Waals surface area contributed by atoms with Crippen molar-refractivity contribution in [3.8, 4) is 5.75 Å².